The van der Waals surface area contributed by atoms with Gasteiger partial charge in [-0.15, -0.1) is 0 Å². The third kappa shape index (κ3) is 6.24. The molecule has 1 aromatic rings. The van der Waals surface area contributed by atoms with Gasteiger partial charge in [0.25, 0.3) is 0 Å². The highest BCUT2D eigenvalue weighted by Crippen LogP contribution is 2.17. The molecule has 0 unspecified atom stereocenters. The summed E-state index contributed by atoms with van der Waals surface area (Å²) in [5.74, 6) is 2.02. The fourth-order valence-electron chi connectivity index (χ4n) is 1.39. The number of anilines is 1. The highest BCUT2D eigenvalue weighted by molar-refractivity contribution is 5.33. The minimum absolute atomic E-state index is 0.477. The van der Waals surface area contributed by atoms with Crippen LogP contribution in [0.25, 0.3) is 0 Å². The molecule has 0 saturated heterocycles. The summed E-state index contributed by atoms with van der Waals surface area (Å²) in [6.07, 6.45) is 0.898. The Balaban J connectivity index is 2.32. The van der Waals surface area contributed by atoms with Crippen LogP contribution in [0.3, 0.4) is 0 Å². The van der Waals surface area contributed by atoms with E-state index in [1.165, 1.54) is 0 Å². The van der Waals surface area contributed by atoms with Gasteiger partial charge in [0.1, 0.15) is 0 Å². The van der Waals surface area contributed by atoms with E-state index in [0.29, 0.717) is 23.6 Å². The van der Waals surface area contributed by atoms with Crippen LogP contribution in [-0.4, -0.2) is 43.9 Å². The lowest BCUT2D eigenvalue weighted by Crippen LogP contribution is -2.10. The second-order valence-corrected chi connectivity index (χ2v) is 4.53. The second kappa shape index (κ2) is 8.53. The van der Waals surface area contributed by atoms with Crippen LogP contribution < -0.4 is 14.8 Å². The van der Waals surface area contributed by atoms with Crippen LogP contribution in [0, 0.1) is 5.92 Å². The Kier molecular flexibility index (Phi) is 6.95. The Bertz CT molecular complexity index is 350. The molecule has 1 aromatic heterocycles. The molecular weight excluding hydrogens is 246 g/mol. The van der Waals surface area contributed by atoms with Gasteiger partial charge in [0.2, 0.25) is 17.7 Å². The van der Waals surface area contributed by atoms with E-state index < -0.39 is 0 Å². The van der Waals surface area contributed by atoms with Crippen molar-refractivity contribution in [1.82, 2.24) is 9.97 Å². The lowest BCUT2D eigenvalue weighted by molar-refractivity contribution is 0.110. The van der Waals surface area contributed by atoms with Crippen LogP contribution >= 0.6 is 0 Å². The number of aromatic nitrogens is 2. The summed E-state index contributed by atoms with van der Waals surface area (Å²) in [6.45, 7) is 6.54. The molecule has 108 valence electrons. The Morgan fingerprint density at radius 1 is 1.16 bits per heavy atom. The van der Waals surface area contributed by atoms with Crippen molar-refractivity contribution in [2.45, 2.75) is 20.3 Å². The summed E-state index contributed by atoms with van der Waals surface area (Å²) in [4.78, 5) is 8.36. The number of ether oxygens (including phenoxy) is 3. The molecule has 6 heteroatoms. The second-order valence-electron chi connectivity index (χ2n) is 4.53. The summed E-state index contributed by atoms with van der Waals surface area (Å²) < 4.78 is 15.6. The third-order valence-corrected chi connectivity index (χ3v) is 2.30. The van der Waals surface area contributed by atoms with Gasteiger partial charge in [-0.05, 0) is 12.3 Å². The van der Waals surface area contributed by atoms with Crippen molar-refractivity contribution in [2.24, 2.45) is 5.92 Å². The molecule has 0 saturated carbocycles. The molecule has 1 heterocycles. The average molecular weight is 269 g/mol. The van der Waals surface area contributed by atoms with Crippen molar-refractivity contribution in [2.75, 3.05) is 39.3 Å². The van der Waals surface area contributed by atoms with Gasteiger partial charge in [-0.3, -0.25) is 0 Å². The van der Waals surface area contributed by atoms with E-state index in [0.717, 1.165) is 26.2 Å². The fraction of sp³-hybridized carbons (Fsp3) is 0.692. The van der Waals surface area contributed by atoms with E-state index in [-0.39, 0.29) is 0 Å². The molecule has 0 aromatic carbocycles. The molecule has 0 bridgehead atoms. The summed E-state index contributed by atoms with van der Waals surface area (Å²) in [5, 5.41) is 3.12. The summed E-state index contributed by atoms with van der Waals surface area (Å²) in [6, 6.07) is 1.64. The highest BCUT2D eigenvalue weighted by Gasteiger charge is 2.04. The molecular formula is C13H23N3O3. The van der Waals surface area contributed by atoms with Crippen LogP contribution in [-0.2, 0) is 4.74 Å². The molecule has 0 aliphatic rings. The van der Waals surface area contributed by atoms with Crippen molar-refractivity contribution in [3.8, 4) is 11.8 Å². The van der Waals surface area contributed by atoms with Crippen LogP contribution in [0.4, 0.5) is 5.95 Å². The van der Waals surface area contributed by atoms with Crippen LogP contribution in [0.1, 0.15) is 20.3 Å². The van der Waals surface area contributed by atoms with E-state index in [2.05, 4.69) is 29.1 Å². The number of nitrogens with one attached hydrogen (secondary N) is 1. The van der Waals surface area contributed by atoms with Gasteiger partial charge >= 0.3 is 0 Å². The first-order valence-electron chi connectivity index (χ1n) is 6.44. The van der Waals surface area contributed by atoms with Gasteiger partial charge in [-0.2, -0.15) is 9.97 Å². The third-order valence-electron chi connectivity index (χ3n) is 2.30. The van der Waals surface area contributed by atoms with Crippen molar-refractivity contribution < 1.29 is 14.2 Å². The Labute approximate surface area is 114 Å². The smallest absolute Gasteiger partial charge is 0.229 e. The van der Waals surface area contributed by atoms with Crippen molar-refractivity contribution in [1.29, 1.82) is 0 Å². The lowest BCUT2D eigenvalue weighted by Gasteiger charge is -2.09. The molecule has 0 aliphatic heterocycles. The first-order chi connectivity index (χ1) is 9.15. The Morgan fingerprint density at radius 2 is 1.79 bits per heavy atom. The van der Waals surface area contributed by atoms with Gasteiger partial charge in [0, 0.05) is 19.8 Å². The lowest BCUT2D eigenvalue weighted by atomic mass is 10.2. The first-order valence-corrected chi connectivity index (χ1v) is 6.44. The zero-order valence-electron chi connectivity index (χ0n) is 12.1. The predicted molar refractivity (Wildman–Crippen MR) is 73.9 cm³/mol. The maximum absolute atomic E-state index is 5.49. The molecule has 0 radical (unpaired) electrons. The van der Waals surface area contributed by atoms with E-state index in [9.17, 15) is 0 Å². The molecule has 6 nitrogen and oxygen atoms in total. The number of rotatable bonds is 9. The Hall–Kier alpha value is -1.56. The number of methoxy groups -OCH3 is 2. The van der Waals surface area contributed by atoms with Gasteiger partial charge in [-0.25, -0.2) is 0 Å². The fourth-order valence-corrected chi connectivity index (χ4v) is 1.39. The average Bonchev–Trinajstić information content (AvgIpc) is 2.41. The zero-order chi connectivity index (χ0) is 14.1. The number of hydrogen-bond acceptors (Lipinski definition) is 6. The highest BCUT2D eigenvalue weighted by atomic mass is 16.5. The van der Waals surface area contributed by atoms with E-state index in [1.54, 1.807) is 20.3 Å². The van der Waals surface area contributed by atoms with Crippen LogP contribution in [0.5, 0.6) is 11.8 Å². The number of nitrogens with zero attached hydrogens (tertiary/aromatic N) is 2. The summed E-state index contributed by atoms with van der Waals surface area (Å²) in [7, 11) is 3.12. The molecule has 0 fully saturated rings. The van der Waals surface area contributed by atoms with Gasteiger partial charge in [-0.1, -0.05) is 13.8 Å². The Morgan fingerprint density at radius 3 is 2.32 bits per heavy atom. The SMILES string of the molecule is COc1cc(OC)nc(NCCCOCC(C)C)n1. The summed E-state index contributed by atoms with van der Waals surface area (Å²) in [5.41, 5.74) is 0. The molecule has 0 aliphatic carbocycles. The minimum atomic E-state index is 0.477. The predicted octanol–water partition coefficient (Wildman–Crippen LogP) is 1.97. The van der Waals surface area contributed by atoms with Crippen molar-refractivity contribution >= 4 is 5.95 Å². The van der Waals surface area contributed by atoms with Gasteiger partial charge < -0.3 is 19.5 Å². The van der Waals surface area contributed by atoms with Crippen LogP contribution in [0.15, 0.2) is 6.07 Å². The van der Waals surface area contributed by atoms with E-state index in [1.807, 2.05) is 0 Å². The topological polar surface area (TPSA) is 65.5 Å². The monoisotopic (exact) mass is 269 g/mol. The minimum Gasteiger partial charge on any atom is -0.481 e. The van der Waals surface area contributed by atoms with Crippen molar-refractivity contribution in [3.05, 3.63) is 6.07 Å². The molecule has 0 amide bonds. The largest absolute Gasteiger partial charge is 0.481 e. The molecule has 19 heavy (non-hydrogen) atoms. The maximum atomic E-state index is 5.49. The standard InChI is InChI=1S/C13H23N3O3/c1-10(2)9-19-7-5-6-14-13-15-11(17-3)8-12(16-13)18-4/h8,10H,5-7,9H2,1-4H3,(H,14,15,16). The van der Waals surface area contributed by atoms with Gasteiger partial charge in [0.15, 0.2) is 0 Å². The zero-order valence-corrected chi connectivity index (χ0v) is 12.1. The first kappa shape index (κ1) is 15.5. The molecule has 0 spiro atoms. The van der Waals surface area contributed by atoms with Crippen LogP contribution in [0.2, 0.25) is 0 Å². The molecule has 0 atom stereocenters. The van der Waals surface area contributed by atoms with E-state index >= 15 is 0 Å². The quantitative estimate of drug-likeness (QED) is 0.691. The van der Waals surface area contributed by atoms with Crippen molar-refractivity contribution in [3.63, 3.8) is 0 Å². The molecule has 1 N–H and O–H groups in total. The maximum Gasteiger partial charge on any atom is 0.229 e. The normalized spacial score (nSPS) is 10.6. The number of hydrogen-bond donors (Lipinski definition) is 1. The summed E-state index contributed by atoms with van der Waals surface area (Å²) >= 11 is 0. The molecule has 1 rings (SSSR count). The van der Waals surface area contributed by atoms with E-state index in [4.69, 9.17) is 14.2 Å². The van der Waals surface area contributed by atoms with Gasteiger partial charge in [0.05, 0.1) is 20.3 Å².